The molecule has 2 aromatic carbocycles. The zero-order valence-corrected chi connectivity index (χ0v) is 11.8. The molecular weight excluding hydrogens is 260 g/mol. The van der Waals surface area contributed by atoms with E-state index in [-0.39, 0.29) is 0 Å². The Morgan fingerprint density at radius 1 is 1.11 bits per heavy atom. The van der Waals surface area contributed by atoms with Gasteiger partial charge < -0.3 is 9.84 Å². The summed E-state index contributed by atoms with van der Waals surface area (Å²) in [5, 5.41) is 11.4. The molecule has 1 N–H and O–H groups in total. The molecule has 1 atom stereocenters. The first-order valence-electron chi connectivity index (χ1n) is 6.26. The molecule has 3 heteroatoms. The van der Waals surface area contributed by atoms with Crippen LogP contribution in [0.2, 0.25) is 5.02 Å². The summed E-state index contributed by atoms with van der Waals surface area (Å²) >= 11 is 5.87. The summed E-state index contributed by atoms with van der Waals surface area (Å²) in [6, 6.07) is 14.7. The third-order valence-electron chi connectivity index (χ3n) is 3.11. The summed E-state index contributed by atoms with van der Waals surface area (Å²) in [7, 11) is 0. The molecule has 0 amide bonds. The summed E-state index contributed by atoms with van der Waals surface area (Å²) in [5.41, 5.74) is 0.517. The van der Waals surface area contributed by atoms with Gasteiger partial charge in [0.2, 0.25) is 0 Å². The number of hydrogen-bond acceptors (Lipinski definition) is 2. The third-order valence-corrected chi connectivity index (χ3v) is 3.37. The van der Waals surface area contributed by atoms with Gasteiger partial charge in [0.15, 0.2) is 0 Å². The number of halogens is 1. The molecule has 2 nitrogen and oxygen atoms in total. The van der Waals surface area contributed by atoms with Crippen molar-refractivity contribution in [3.8, 4) is 5.75 Å². The quantitative estimate of drug-likeness (QED) is 0.915. The van der Waals surface area contributed by atoms with Crippen LogP contribution in [0.3, 0.4) is 0 Å². The van der Waals surface area contributed by atoms with Gasteiger partial charge in [0, 0.05) is 5.02 Å². The maximum absolute atomic E-state index is 10.7. The van der Waals surface area contributed by atoms with Crippen LogP contribution < -0.4 is 4.74 Å². The van der Waals surface area contributed by atoms with Crippen LogP contribution in [0, 0.1) is 0 Å². The molecule has 0 radical (unpaired) electrons. The Labute approximate surface area is 118 Å². The van der Waals surface area contributed by atoms with E-state index in [4.69, 9.17) is 16.3 Å². The van der Waals surface area contributed by atoms with E-state index in [0.29, 0.717) is 11.6 Å². The van der Waals surface area contributed by atoms with Gasteiger partial charge in [0.25, 0.3) is 0 Å². The Kier molecular flexibility index (Phi) is 4.13. The fourth-order valence-electron chi connectivity index (χ4n) is 2.00. The van der Waals surface area contributed by atoms with Crippen molar-refractivity contribution in [3.05, 3.63) is 64.7 Å². The Balaban J connectivity index is 2.37. The predicted molar refractivity (Wildman–Crippen MR) is 77.7 cm³/mol. The van der Waals surface area contributed by atoms with Crippen molar-refractivity contribution < 1.29 is 9.84 Å². The first kappa shape index (κ1) is 13.9. The smallest absolute Gasteiger partial charge is 0.119 e. The number of benzene rings is 2. The lowest BCUT2D eigenvalue weighted by Gasteiger charge is -2.25. The van der Waals surface area contributed by atoms with Crippen LogP contribution in [0.15, 0.2) is 48.5 Å². The standard InChI is InChI=1S/C16H17ClO2/c1-3-19-15-6-4-5-13(11-15)16(2,18)12-7-9-14(17)10-8-12/h4-11,18H,3H2,1-2H3. The van der Waals surface area contributed by atoms with Crippen LogP contribution in [-0.2, 0) is 5.60 Å². The van der Waals surface area contributed by atoms with Gasteiger partial charge in [0.1, 0.15) is 11.4 Å². The van der Waals surface area contributed by atoms with Crippen molar-refractivity contribution in [1.82, 2.24) is 0 Å². The fourth-order valence-corrected chi connectivity index (χ4v) is 2.12. The fraction of sp³-hybridized carbons (Fsp3) is 0.250. The molecule has 0 aliphatic heterocycles. The molecule has 0 aliphatic rings. The lowest BCUT2D eigenvalue weighted by Crippen LogP contribution is -2.22. The van der Waals surface area contributed by atoms with Crippen molar-refractivity contribution in [3.63, 3.8) is 0 Å². The van der Waals surface area contributed by atoms with E-state index in [2.05, 4.69) is 0 Å². The predicted octanol–water partition coefficient (Wildman–Crippen LogP) is 3.99. The van der Waals surface area contributed by atoms with E-state index in [1.807, 2.05) is 43.3 Å². The van der Waals surface area contributed by atoms with Gasteiger partial charge >= 0.3 is 0 Å². The number of hydrogen-bond donors (Lipinski definition) is 1. The average Bonchev–Trinajstić information content (AvgIpc) is 2.40. The second-order valence-corrected chi connectivity index (χ2v) is 4.98. The Morgan fingerprint density at radius 2 is 1.79 bits per heavy atom. The van der Waals surface area contributed by atoms with Gasteiger partial charge in [-0.2, -0.15) is 0 Å². The van der Waals surface area contributed by atoms with E-state index in [9.17, 15) is 5.11 Å². The van der Waals surface area contributed by atoms with Crippen LogP contribution in [0.1, 0.15) is 25.0 Å². The largest absolute Gasteiger partial charge is 0.494 e. The summed E-state index contributed by atoms with van der Waals surface area (Å²) in [6.45, 7) is 4.30. The minimum absolute atomic E-state index is 0.604. The SMILES string of the molecule is CCOc1cccc(C(C)(O)c2ccc(Cl)cc2)c1. The summed E-state index contributed by atoms with van der Waals surface area (Å²) in [4.78, 5) is 0. The molecular formula is C16H17ClO2. The summed E-state index contributed by atoms with van der Waals surface area (Å²) < 4.78 is 5.46. The highest BCUT2D eigenvalue weighted by Crippen LogP contribution is 2.31. The van der Waals surface area contributed by atoms with Gasteiger partial charge in [-0.3, -0.25) is 0 Å². The van der Waals surface area contributed by atoms with E-state index in [1.165, 1.54) is 0 Å². The van der Waals surface area contributed by atoms with Crippen molar-refractivity contribution in [2.24, 2.45) is 0 Å². The Bertz CT molecular complexity index is 547. The molecule has 0 saturated carbocycles. The van der Waals surface area contributed by atoms with Gasteiger partial charge in [-0.15, -0.1) is 0 Å². The third kappa shape index (κ3) is 3.09. The lowest BCUT2D eigenvalue weighted by atomic mass is 9.88. The monoisotopic (exact) mass is 276 g/mol. The zero-order chi connectivity index (χ0) is 13.9. The molecule has 0 bridgehead atoms. The minimum Gasteiger partial charge on any atom is -0.494 e. The molecule has 0 aromatic heterocycles. The average molecular weight is 277 g/mol. The van der Waals surface area contributed by atoms with Gasteiger partial charge in [0.05, 0.1) is 6.61 Å². The van der Waals surface area contributed by atoms with Crippen LogP contribution in [0.5, 0.6) is 5.75 Å². The molecule has 0 aliphatic carbocycles. The van der Waals surface area contributed by atoms with Crippen LogP contribution in [0.25, 0.3) is 0 Å². The first-order chi connectivity index (χ1) is 9.04. The van der Waals surface area contributed by atoms with E-state index >= 15 is 0 Å². The van der Waals surface area contributed by atoms with Crippen LogP contribution >= 0.6 is 11.6 Å². The van der Waals surface area contributed by atoms with Crippen molar-refractivity contribution >= 4 is 11.6 Å². The second-order valence-electron chi connectivity index (χ2n) is 4.54. The first-order valence-corrected chi connectivity index (χ1v) is 6.63. The molecule has 0 heterocycles. The summed E-state index contributed by atoms with van der Waals surface area (Å²) in [5.74, 6) is 0.759. The van der Waals surface area contributed by atoms with Crippen LogP contribution in [0.4, 0.5) is 0 Å². The van der Waals surface area contributed by atoms with Crippen molar-refractivity contribution in [2.45, 2.75) is 19.4 Å². The van der Waals surface area contributed by atoms with Gasteiger partial charge in [-0.05, 0) is 49.2 Å². The topological polar surface area (TPSA) is 29.5 Å². The molecule has 100 valence electrons. The van der Waals surface area contributed by atoms with Crippen molar-refractivity contribution in [1.29, 1.82) is 0 Å². The van der Waals surface area contributed by atoms with E-state index < -0.39 is 5.60 Å². The van der Waals surface area contributed by atoms with Crippen molar-refractivity contribution in [2.75, 3.05) is 6.61 Å². The normalized spacial score (nSPS) is 13.9. The van der Waals surface area contributed by atoms with Crippen LogP contribution in [-0.4, -0.2) is 11.7 Å². The molecule has 0 saturated heterocycles. The van der Waals surface area contributed by atoms with E-state index in [1.54, 1.807) is 19.1 Å². The van der Waals surface area contributed by atoms with E-state index in [0.717, 1.165) is 16.9 Å². The van der Waals surface area contributed by atoms with Gasteiger partial charge in [-0.1, -0.05) is 35.9 Å². The molecule has 0 fully saturated rings. The summed E-state index contributed by atoms with van der Waals surface area (Å²) in [6.07, 6.45) is 0. The maximum Gasteiger partial charge on any atom is 0.119 e. The number of rotatable bonds is 4. The molecule has 2 aromatic rings. The zero-order valence-electron chi connectivity index (χ0n) is 11.1. The Hall–Kier alpha value is -1.51. The highest BCUT2D eigenvalue weighted by Gasteiger charge is 2.25. The Morgan fingerprint density at radius 3 is 2.42 bits per heavy atom. The minimum atomic E-state index is -1.07. The highest BCUT2D eigenvalue weighted by atomic mass is 35.5. The molecule has 1 unspecified atom stereocenters. The lowest BCUT2D eigenvalue weighted by molar-refractivity contribution is 0.102. The molecule has 19 heavy (non-hydrogen) atoms. The number of ether oxygens (including phenoxy) is 1. The molecule has 0 spiro atoms. The second kappa shape index (κ2) is 5.64. The van der Waals surface area contributed by atoms with Gasteiger partial charge in [-0.25, -0.2) is 0 Å². The molecule has 2 rings (SSSR count). The maximum atomic E-state index is 10.7. The highest BCUT2D eigenvalue weighted by molar-refractivity contribution is 6.30. The number of aliphatic hydroxyl groups is 1.